The van der Waals surface area contributed by atoms with Gasteiger partial charge in [-0.2, -0.15) is 0 Å². The Labute approximate surface area is 190 Å². The molecule has 2 heterocycles. The summed E-state index contributed by atoms with van der Waals surface area (Å²) < 4.78 is 2.35. The second kappa shape index (κ2) is 8.23. The number of hydrogen-bond donors (Lipinski definition) is 0. The first-order chi connectivity index (χ1) is 15.0. The van der Waals surface area contributed by atoms with Gasteiger partial charge in [-0.05, 0) is 86.3 Å². The fraction of sp³-hybridized carbons (Fsp3) is 0.280. The van der Waals surface area contributed by atoms with Crippen LogP contribution in [0.2, 0.25) is 5.02 Å². The molecule has 1 atom stereocenters. The maximum atomic E-state index is 13.3. The van der Waals surface area contributed by atoms with E-state index in [1.807, 2.05) is 30.3 Å². The van der Waals surface area contributed by atoms with Crippen LogP contribution in [-0.2, 0) is 12.8 Å². The summed E-state index contributed by atoms with van der Waals surface area (Å²) in [7, 11) is 4.27. The van der Waals surface area contributed by atoms with Crippen LogP contribution in [0.15, 0.2) is 59.7 Å². The van der Waals surface area contributed by atoms with E-state index in [9.17, 15) is 4.79 Å². The summed E-state index contributed by atoms with van der Waals surface area (Å²) in [6.07, 6.45) is 5.01. The minimum atomic E-state index is -0.0172. The van der Waals surface area contributed by atoms with E-state index in [2.05, 4.69) is 42.2 Å². The third-order valence-corrected chi connectivity index (χ3v) is 7.40. The molecule has 0 amide bonds. The molecular formula is C25H24ClN3OS. The fourth-order valence-electron chi connectivity index (χ4n) is 4.49. The van der Waals surface area contributed by atoms with Gasteiger partial charge in [-0.3, -0.25) is 9.36 Å². The van der Waals surface area contributed by atoms with E-state index in [0.29, 0.717) is 15.6 Å². The lowest BCUT2D eigenvalue weighted by Crippen LogP contribution is -2.26. The molecule has 6 heteroatoms. The number of fused-ring (bicyclic) bond motifs is 2. The minimum Gasteiger partial charge on any atom is -0.309 e. The maximum absolute atomic E-state index is 13.3. The Morgan fingerprint density at radius 2 is 1.94 bits per heavy atom. The van der Waals surface area contributed by atoms with E-state index in [-0.39, 0.29) is 5.56 Å². The highest BCUT2D eigenvalue weighted by Crippen LogP contribution is 2.32. The van der Waals surface area contributed by atoms with Gasteiger partial charge in [0.15, 0.2) is 0 Å². The van der Waals surface area contributed by atoms with Crippen molar-refractivity contribution in [3.05, 3.63) is 81.4 Å². The first kappa shape index (κ1) is 20.4. The van der Waals surface area contributed by atoms with E-state index in [1.54, 1.807) is 10.9 Å². The number of aryl methyl sites for hydroxylation is 1. The Morgan fingerprint density at radius 3 is 2.71 bits per heavy atom. The van der Waals surface area contributed by atoms with Crippen molar-refractivity contribution in [2.24, 2.45) is 5.92 Å². The lowest BCUT2D eigenvalue weighted by molar-refractivity contribution is 0.302. The molecular weight excluding hydrogens is 426 g/mol. The molecule has 0 spiro atoms. The second-order valence-electron chi connectivity index (χ2n) is 8.58. The molecule has 158 valence electrons. The Morgan fingerprint density at radius 1 is 1.13 bits per heavy atom. The highest BCUT2D eigenvalue weighted by Gasteiger charge is 2.20. The molecule has 2 aromatic heterocycles. The molecule has 0 bridgehead atoms. The van der Waals surface area contributed by atoms with E-state index >= 15 is 0 Å². The van der Waals surface area contributed by atoms with Crippen molar-refractivity contribution in [2.75, 3.05) is 20.6 Å². The predicted molar refractivity (Wildman–Crippen MR) is 130 cm³/mol. The molecule has 1 aliphatic carbocycles. The van der Waals surface area contributed by atoms with Gasteiger partial charge in [0, 0.05) is 16.4 Å². The van der Waals surface area contributed by atoms with E-state index < -0.39 is 0 Å². The van der Waals surface area contributed by atoms with Gasteiger partial charge < -0.3 is 4.90 Å². The van der Waals surface area contributed by atoms with E-state index in [4.69, 9.17) is 11.6 Å². The van der Waals surface area contributed by atoms with Gasteiger partial charge in [0.2, 0.25) is 0 Å². The molecule has 0 aliphatic heterocycles. The van der Waals surface area contributed by atoms with Crippen LogP contribution >= 0.6 is 22.9 Å². The molecule has 0 saturated carbocycles. The lowest BCUT2D eigenvalue weighted by atomic mass is 9.83. The normalized spacial score (nSPS) is 16.1. The topological polar surface area (TPSA) is 38.1 Å². The molecule has 5 rings (SSSR count). The Bertz CT molecular complexity index is 1310. The Hall–Kier alpha value is -2.47. The molecule has 2 aromatic carbocycles. The first-order valence-electron chi connectivity index (χ1n) is 10.5. The molecule has 4 aromatic rings. The zero-order chi connectivity index (χ0) is 21.5. The number of rotatable bonds is 4. The zero-order valence-corrected chi connectivity index (χ0v) is 19.2. The molecule has 0 radical (unpaired) electrons. The molecule has 0 N–H and O–H groups in total. The first-order valence-corrected chi connectivity index (χ1v) is 11.7. The molecule has 31 heavy (non-hydrogen) atoms. The summed E-state index contributed by atoms with van der Waals surface area (Å²) in [6.45, 7) is 1.12. The lowest BCUT2D eigenvalue weighted by Gasteiger charge is -2.27. The highest BCUT2D eigenvalue weighted by molar-refractivity contribution is 7.22. The van der Waals surface area contributed by atoms with Gasteiger partial charge in [-0.1, -0.05) is 29.8 Å². The van der Waals surface area contributed by atoms with Crippen molar-refractivity contribution < 1.29 is 0 Å². The fourth-order valence-corrected chi connectivity index (χ4v) is 5.66. The van der Waals surface area contributed by atoms with Crippen LogP contribution in [0.1, 0.15) is 17.5 Å². The summed E-state index contributed by atoms with van der Waals surface area (Å²) in [6, 6.07) is 16.1. The molecule has 1 unspecified atom stereocenters. The van der Waals surface area contributed by atoms with Crippen molar-refractivity contribution >= 4 is 33.2 Å². The van der Waals surface area contributed by atoms with E-state index in [0.717, 1.165) is 41.0 Å². The summed E-state index contributed by atoms with van der Waals surface area (Å²) in [5.41, 5.74) is 5.42. The standard InChI is InChI=1S/C25H24ClN3OS/c1-28(2)14-16-3-4-19-12-21(10-7-18(19)11-16)29-15-27-22-13-23(31-24(22)25(29)30)17-5-8-20(26)9-6-17/h5-10,12-13,15-16H,3-4,11,14H2,1-2H3. The van der Waals surface area contributed by atoms with Crippen LogP contribution in [0.25, 0.3) is 26.3 Å². The van der Waals surface area contributed by atoms with Crippen LogP contribution < -0.4 is 5.56 Å². The van der Waals surface area contributed by atoms with Crippen LogP contribution in [0, 0.1) is 5.92 Å². The van der Waals surface area contributed by atoms with Gasteiger partial charge in [-0.25, -0.2) is 4.98 Å². The quantitative estimate of drug-likeness (QED) is 0.416. The summed E-state index contributed by atoms with van der Waals surface area (Å²) in [4.78, 5) is 21.1. The Balaban J connectivity index is 1.49. The minimum absolute atomic E-state index is 0.0172. The highest BCUT2D eigenvalue weighted by atomic mass is 35.5. The number of halogens is 1. The molecule has 0 saturated heterocycles. The smallest absolute Gasteiger partial charge is 0.275 e. The second-order valence-corrected chi connectivity index (χ2v) is 10.1. The summed E-state index contributed by atoms with van der Waals surface area (Å²) in [5.74, 6) is 0.700. The van der Waals surface area contributed by atoms with Crippen LogP contribution in [-0.4, -0.2) is 35.1 Å². The third-order valence-electron chi connectivity index (χ3n) is 5.99. The Kier molecular flexibility index (Phi) is 5.42. The van der Waals surface area contributed by atoms with Gasteiger partial charge in [0.1, 0.15) is 11.0 Å². The van der Waals surface area contributed by atoms with Crippen molar-refractivity contribution in [1.29, 1.82) is 0 Å². The number of thiophene rings is 1. The monoisotopic (exact) mass is 449 g/mol. The van der Waals surface area contributed by atoms with Gasteiger partial charge in [-0.15, -0.1) is 11.3 Å². The molecule has 4 nitrogen and oxygen atoms in total. The van der Waals surface area contributed by atoms with Crippen molar-refractivity contribution in [1.82, 2.24) is 14.5 Å². The largest absolute Gasteiger partial charge is 0.309 e. The average Bonchev–Trinajstić information content (AvgIpc) is 3.19. The zero-order valence-electron chi connectivity index (χ0n) is 17.6. The van der Waals surface area contributed by atoms with Gasteiger partial charge >= 0.3 is 0 Å². The van der Waals surface area contributed by atoms with Gasteiger partial charge in [0.25, 0.3) is 5.56 Å². The number of hydrogen-bond acceptors (Lipinski definition) is 4. The average molecular weight is 450 g/mol. The third kappa shape index (κ3) is 4.05. The van der Waals surface area contributed by atoms with Crippen LogP contribution in [0.4, 0.5) is 0 Å². The molecule has 0 fully saturated rings. The number of aromatic nitrogens is 2. The predicted octanol–water partition coefficient (Wildman–Crippen LogP) is 5.43. The SMILES string of the molecule is CN(C)CC1CCc2cc(-n3cnc4cc(-c5ccc(Cl)cc5)sc4c3=O)ccc2C1. The number of benzene rings is 2. The van der Waals surface area contributed by atoms with Gasteiger partial charge in [0.05, 0.1) is 11.2 Å². The van der Waals surface area contributed by atoms with Crippen LogP contribution in [0.5, 0.6) is 0 Å². The van der Waals surface area contributed by atoms with Crippen LogP contribution in [0.3, 0.4) is 0 Å². The maximum Gasteiger partial charge on any atom is 0.275 e. The molecule has 1 aliphatic rings. The number of nitrogens with zero attached hydrogens (tertiary/aromatic N) is 3. The van der Waals surface area contributed by atoms with E-state index in [1.165, 1.54) is 28.9 Å². The van der Waals surface area contributed by atoms with Crippen molar-refractivity contribution in [2.45, 2.75) is 19.3 Å². The summed E-state index contributed by atoms with van der Waals surface area (Å²) >= 11 is 7.49. The summed E-state index contributed by atoms with van der Waals surface area (Å²) in [5, 5.41) is 0.700. The van der Waals surface area contributed by atoms with Crippen molar-refractivity contribution in [3.8, 4) is 16.1 Å². The van der Waals surface area contributed by atoms with Crippen molar-refractivity contribution in [3.63, 3.8) is 0 Å².